The third kappa shape index (κ3) is 4.77. The number of nitrogens with zero attached hydrogens (tertiary/aromatic N) is 1. The van der Waals surface area contributed by atoms with Gasteiger partial charge >= 0.3 is 12.1 Å². The fourth-order valence-corrected chi connectivity index (χ4v) is 1.56. The van der Waals surface area contributed by atoms with Gasteiger partial charge in [0.1, 0.15) is 11.6 Å². The van der Waals surface area contributed by atoms with E-state index in [1.165, 1.54) is 4.90 Å². The lowest BCUT2D eigenvalue weighted by Gasteiger charge is -2.26. The number of hydrogen-bond donors (Lipinski definition) is 1. The second kappa shape index (κ2) is 6.14. The van der Waals surface area contributed by atoms with Crippen molar-refractivity contribution in [2.75, 3.05) is 6.54 Å². The third-order valence-corrected chi connectivity index (χ3v) is 2.17. The van der Waals surface area contributed by atoms with E-state index in [0.29, 0.717) is 13.0 Å². The topological polar surface area (TPSA) is 66.8 Å². The summed E-state index contributed by atoms with van der Waals surface area (Å²) in [6.07, 6.45) is 8.69. The standard InChI is InChI=1S/C10H17NO4.C2H2/c1-10(2,3)15-9(14)11-6-4-5-7(11)8(12)13;1-2/h7H,4-6H2,1-3H3,(H,12,13);1-2H/t7-;/m0./s1. The largest absolute Gasteiger partial charge is 0.480 e. The van der Waals surface area contributed by atoms with Crippen LogP contribution in [0, 0.1) is 12.8 Å². The van der Waals surface area contributed by atoms with Crippen LogP contribution in [0.4, 0.5) is 4.79 Å². The van der Waals surface area contributed by atoms with E-state index in [1.807, 2.05) is 0 Å². The number of likely N-dealkylation sites (tertiary alicyclic amines) is 1. The first-order chi connectivity index (χ1) is 7.81. The number of rotatable bonds is 1. The predicted octanol–water partition coefficient (Wildman–Crippen LogP) is 1.72. The van der Waals surface area contributed by atoms with Gasteiger partial charge in [-0.3, -0.25) is 4.90 Å². The number of hydrogen-bond acceptors (Lipinski definition) is 3. The van der Waals surface area contributed by atoms with E-state index in [1.54, 1.807) is 20.8 Å². The lowest BCUT2D eigenvalue weighted by molar-refractivity contribution is -0.142. The molecule has 0 spiro atoms. The molecule has 0 aromatic carbocycles. The molecule has 1 N–H and O–H groups in total. The van der Waals surface area contributed by atoms with Gasteiger partial charge in [0.15, 0.2) is 0 Å². The third-order valence-electron chi connectivity index (χ3n) is 2.17. The second-order valence-electron chi connectivity index (χ2n) is 4.67. The van der Waals surface area contributed by atoms with Crippen molar-refractivity contribution < 1.29 is 19.4 Å². The Balaban J connectivity index is 0.00000121. The first-order valence-corrected chi connectivity index (χ1v) is 5.37. The van der Waals surface area contributed by atoms with Crippen LogP contribution in [0.15, 0.2) is 0 Å². The summed E-state index contributed by atoms with van der Waals surface area (Å²) in [5.74, 6) is -0.960. The van der Waals surface area contributed by atoms with Crippen molar-refractivity contribution in [2.45, 2.75) is 45.3 Å². The molecule has 1 rings (SSSR count). The molecule has 1 aliphatic rings. The average molecular weight is 241 g/mol. The molecule has 0 bridgehead atoms. The summed E-state index contributed by atoms with van der Waals surface area (Å²) in [5, 5.41) is 8.88. The summed E-state index contributed by atoms with van der Waals surface area (Å²) in [6.45, 7) is 5.75. The lowest BCUT2D eigenvalue weighted by atomic mass is 10.2. The second-order valence-corrected chi connectivity index (χ2v) is 4.67. The Hall–Kier alpha value is -1.70. The summed E-state index contributed by atoms with van der Waals surface area (Å²) in [7, 11) is 0. The van der Waals surface area contributed by atoms with Crippen LogP contribution in [0.1, 0.15) is 33.6 Å². The fourth-order valence-electron chi connectivity index (χ4n) is 1.56. The number of carboxylic acid groups (broad SMARTS) is 1. The maximum Gasteiger partial charge on any atom is 0.411 e. The van der Waals surface area contributed by atoms with E-state index in [0.717, 1.165) is 6.42 Å². The molecule has 1 aliphatic heterocycles. The molecule has 1 atom stereocenters. The zero-order valence-corrected chi connectivity index (χ0v) is 10.5. The highest BCUT2D eigenvalue weighted by Crippen LogP contribution is 2.20. The normalized spacial score (nSPS) is 19.1. The Morgan fingerprint density at radius 2 is 1.88 bits per heavy atom. The Kier molecular flexibility index (Phi) is 5.52. The Bertz CT molecular complexity index is 303. The van der Waals surface area contributed by atoms with Crippen molar-refractivity contribution in [1.29, 1.82) is 0 Å². The smallest absolute Gasteiger partial charge is 0.411 e. The van der Waals surface area contributed by atoms with Gasteiger partial charge in [-0.15, -0.1) is 12.8 Å². The molecule has 0 aromatic heterocycles. The van der Waals surface area contributed by atoms with E-state index in [-0.39, 0.29) is 0 Å². The van der Waals surface area contributed by atoms with Crippen LogP contribution in [-0.4, -0.2) is 40.3 Å². The van der Waals surface area contributed by atoms with Gasteiger partial charge in [-0.2, -0.15) is 0 Å². The Morgan fingerprint density at radius 1 is 1.35 bits per heavy atom. The van der Waals surface area contributed by atoms with Crippen LogP contribution in [0.3, 0.4) is 0 Å². The number of ether oxygens (including phenoxy) is 1. The zero-order chi connectivity index (χ0) is 13.6. The minimum absolute atomic E-state index is 0.464. The van der Waals surface area contributed by atoms with E-state index in [4.69, 9.17) is 9.84 Å². The van der Waals surface area contributed by atoms with Gasteiger partial charge in [0.25, 0.3) is 0 Å². The minimum Gasteiger partial charge on any atom is -0.480 e. The van der Waals surface area contributed by atoms with Gasteiger partial charge < -0.3 is 9.84 Å². The van der Waals surface area contributed by atoms with Crippen molar-refractivity contribution in [3.63, 3.8) is 0 Å². The van der Waals surface area contributed by atoms with Crippen LogP contribution in [0.2, 0.25) is 0 Å². The fraction of sp³-hybridized carbons (Fsp3) is 0.667. The highest BCUT2D eigenvalue weighted by atomic mass is 16.6. The number of carbonyl (C=O) groups is 2. The van der Waals surface area contributed by atoms with Crippen molar-refractivity contribution in [1.82, 2.24) is 4.90 Å². The summed E-state index contributed by atoms with van der Waals surface area (Å²) >= 11 is 0. The van der Waals surface area contributed by atoms with Crippen LogP contribution < -0.4 is 0 Å². The van der Waals surface area contributed by atoms with Crippen molar-refractivity contribution in [3.05, 3.63) is 0 Å². The van der Waals surface area contributed by atoms with Gasteiger partial charge in [0.05, 0.1) is 0 Å². The van der Waals surface area contributed by atoms with Gasteiger partial charge in [-0.05, 0) is 33.6 Å². The predicted molar refractivity (Wildman–Crippen MR) is 63.5 cm³/mol. The minimum atomic E-state index is -0.960. The molecule has 5 heteroatoms. The molecule has 17 heavy (non-hydrogen) atoms. The molecule has 1 heterocycles. The van der Waals surface area contributed by atoms with Crippen molar-refractivity contribution in [2.24, 2.45) is 0 Å². The van der Waals surface area contributed by atoms with E-state index >= 15 is 0 Å². The lowest BCUT2D eigenvalue weighted by Crippen LogP contribution is -2.43. The molecule has 1 saturated heterocycles. The van der Waals surface area contributed by atoms with Gasteiger partial charge in [0.2, 0.25) is 0 Å². The van der Waals surface area contributed by atoms with E-state index in [2.05, 4.69) is 12.8 Å². The number of terminal acetylenes is 1. The SMILES string of the molecule is C#C.CC(C)(C)OC(=O)N1CCC[C@H]1C(=O)O. The van der Waals surface area contributed by atoms with Gasteiger partial charge in [-0.1, -0.05) is 0 Å². The summed E-state index contributed by atoms with van der Waals surface area (Å²) < 4.78 is 5.13. The molecular formula is C12H19NO4. The van der Waals surface area contributed by atoms with Crippen LogP contribution >= 0.6 is 0 Å². The number of amides is 1. The van der Waals surface area contributed by atoms with Crippen molar-refractivity contribution >= 4 is 12.1 Å². The van der Waals surface area contributed by atoms with Crippen molar-refractivity contribution in [3.8, 4) is 12.8 Å². The quantitative estimate of drug-likeness (QED) is 0.710. The summed E-state index contributed by atoms with van der Waals surface area (Å²) in [6, 6.07) is -0.722. The molecule has 0 aliphatic carbocycles. The van der Waals surface area contributed by atoms with Crippen LogP contribution in [0.5, 0.6) is 0 Å². The molecule has 0 radical (unpaired) electrons. The number of carbonyl (C=O) groups excluding carboxylic acids is 1. The van der Waals surface area contributed by atoms with Crippen LogP contribution in [0.25, 0.3) is 0 Å². The number of carboxylic acids is 1. The molecule has 0 saturated carbocycles. The first-order valence-electron chi connectivity index (χ1n) is 5.37. The van der Waals surface area contributed by atoms with Crippen LogP contribution in [-0.2, 0) is 9.53 Å². The Morgan fingerprint density at radius 3 is 2.29 bits per heavy atom. The Labute approximate surface area is 102 Å². The highest BCUT2D eigenvalue weighted by Gasteiger charge is 2.36. The summed E-state index contributed by atoms with van der Waals surface area (Å²) in [5.41, 5.74) is -0.581. The molecule has 96 valence electrons. The maximum atomic E-state index is 11.6. The zero-order valence-electron chi connectivity index (χ0n) is 10.5. The average Bonchev–Trinajstić information content (AvgIpc) is 2.66. The number of aliphatic carboxylic acids is 1. The summed E-state index contributed by atoms with van der Waals surface area (Å²) in [4.78, 5) is 23.7. The monoisotopic (exact) mass is 241 g/mol. The molecule has 1 amide bonds. The van der Waals surface area contributed by atoms with Gasteiger partial charge in [-0.25, -0.2) is 9.59 Å². The molecular weight excluding hydrogens is 222 g/mol. The molecule has 1 fully saturated rings. The molecule has 0 unspecified atom stereocenters. The van der Waals surface area contributed by atoms with Gasteiger partial charge in [0, 0.05) is 6.54 Å². The first kappa shape index (κ1) is 15.3. The van der Waals surface area contributed by atoms with E-state index < -0.39 is 23.7 Å². The van der Waals surface area contributed by atoms with E-state index in [9.17, 15) is 9.59 Å². The highest BCUT2D eigenvalue weighted by molar-refractivity contribution is 5.80. The maximum absolute atomic E-state index is 11.6. The molecule has 5 nitrogen and oxygen atoms in total. The molecule has 0 aromatic rings.